The van der Waals surface area contributed by atoms with Crippen molar-refractivity contribution >= 4 is 17.4 Å². The molecule has 1 aromatic heterocycles. The molecule has 6 heteroatoms. The smallest absolute Gasteiger partial charge is 0.253 e. The topological polar surface area (TPSA) is 63.7 Å². The van der Waals surface area contributed by atoms with Gasteiger partial charge in [-0.1, -0.05) is 18.2 Å². The van der Waals surface area contributed by atoms with Crippen LogP contribution in [0.1, 0.15) is 22.3 Å². The second kappa shape index (κ2) is 8.09. The Bertz CT molecular complexity index is 714. The molecule has 1 aromatic carbocycles. The minimum atomic E-state index is -0.457. The molecular formula is C19H23N3O3. The van der Waals surface area contributed by atoms with Gasteiger partial charge in [0.15, 0.2) is 6.29 Å². The lowest BCUT2D eigenvalue weighted by molar-refractivity contribution is -0.0974. The van der Waals surface area contributed by atoms with E-state index in [0.29, 0.717) is 5.56 Å². The van der Waals surface area contributed by atoms with Crippen LogP contribution in [0.25, 0.3) is 0 Å². The molecule has 2 aromatic rings. The predicted octanol–water partition coefficient (Wildman–Crippen LogP) is 2.51. The molecule has 0 fully saturated rings. The number of carbonyl (C=O) groups excluding carboxylic acids is 1. The molecule has 0 aliphatic carbocycles. The lowest BCUT2D eigenvalue weighted by Crippen LogP contribution is -2.34. The van der Waals surface area contributed by atoms with Crippen LogP contribution in [0.5, 0.6) is 0 Å². The summed E-state index contributed by atoms with van der Waals surface area (Å²) in [5, 5.41) is 2.77. The second-order valence-corrected chi connectivity index (χ2v) is 5.90. The quantitative estimate of drug-likeness (QED) is 0.818. The van der Waals surface area contributed by atoms with Crippen LogP contribution < -0.4 is 10.2 Å². The molecule has 0 spiro atoms. The fourth-order valence-corrected chi connectivity index (χ4v) is 2.99. The molecule has 1 amide bonds. The zero-order valence-corrected chi connectivity index (χ0v) is 14.6. The molecule has 1 N–H and O–H groups in total. The van der Waals surface area contributed by atoms with Gasteiger partial charge in [-0.2, -0.15) is 0 Å². The number of pyridine rings is 1. The number of nitrogens with zero attached hydrogens (tertiary/aromatic N) is 2. The Morgan fingerprint density at radius 2 is 2.04 bits per heavy atom. The number of rotatable bonds is 6. The summed E-state index contributed by atoms with van der Waals surface area (Å²) in [5.41, 5.74) is 3.05. The molecule has 132 valence electrons. The summed E-state index contributed by atoms with van der Waals surface area (Å²) in [5.74, 6) is 0.660. The van der Waals surface area contributed by atoms with Crippen LogP contribution in [-0.2, 0) is 15.9 Å². The largest absolute Gasteiger partial charge is 0.354 e. The molecule has 0 saturated heterocycles. The van der Waals surface area contributed by atoms with Gasteiger partial charge in [-0.15, -0.1) is 0 Å². The Kier molecular flexibility index (Phi) is 5.63. The third kappa shape index (κ3) is 3.97. The monoisotopic (exact) mass is 341 g/mol. The average molecular weight is 341 g/mol. The first-order chi connectivity index (χ1) is 12.2. The van der Waals surface area contributed by atoms with Gasteiger partial charge in [0, 0.05) is 32.6 Å². The van der Waals surface area contributed by atoms with Gasteiger partial charge < -0.3 is 19.7 Å². The summed E-state index contributed by atoms with van der Waals surface area (Å²) in [6, 6.07) is 12.1. The summed E-state index contributed by atoms with van der Waals surface area (Å²) < 4.78 is 10.1. The molecular weight excluding hydrogens is 318 g/mol. The summed E-state index contributed by atoms with van der Waals surface area (Å²) in [7, 11) is 3.07. The molecule has 0 radical (unpaired) electrons. The average Bonchev–Trinajstić information content (AvgIpc) is 2.68. The van der Waals surface area contributed by atoms with Crippen molar-refractivity contribution in [3.63, 3.8) is 0 Å². The summed E-state index contributed by atoms with van der Waals surface area (Å²) in [4.78, 5) is 18.9. The van der Waals surface area contributed by atoms with Gasteiger partial charge in [-0.05, 0) is 36.6 Å². The van der Waals surface area contributed by atoms with Crippen LogP contribution in [0.15, 0.2) is 42.6 Å². The number of aryl methyl sites for hydroxylation is 1. The molecule has 6 nitrogen and oxygen atoms in total. The standard InChI is InChI=1S/C19H23N3O3/c1-24-18(25-2)13-21-19(23)15-9-10-17(20-12-15)22-11-5-7-14-6-3-4-8-16(14)22/h3-4,6,8-10,12,18H,5,7,11,13H2,1-2H3,(H,21,23). The van der Waals surface area contributed by atoms with Gasteiger partial charge in [-0.3, -0.25) is 4.79 Å². The van der Waals surface area contributed by atoms with Gasteiger partial charge in [-0.25, -0.2) is 4.98 Å². The molecule has 0 saturated carbocycles. The molecule has 1 aliphatic rings. The highest BCUT2D eigenvalue weighted by Gasteiger charge is 2.19. The van der Waals surface area contributed by atoms with Crippen molar-refractivity contribution in [2.75, 3.05) is 32.2 Å². The molecule has 0 atom stereocenters. The second-order valence-electron chi connectivity index (χ2n) is 5.90. The van der Waals surface area contributed by atoms with Gasteiger partial charge >= 0.3 is 0 Å². The Hall–Kier alpha value is -2.44. The number of para-hydroxylation sites is 1. The molecule has 3 rings (SSSR count). The minimum absolute atomic E-state index is 0.197. The molecule has 25 heavy (non-hydrogen) atoms. The maximum Gasteiger partial charge on any atom is 0.253 e. The van der Waals surface area contributed by atoms with Gasteiger partial charge in [0.05, 0.1) is 12.1 Å². The van der Waals surface area contributed by atoms with E-state index >= 15 is 0 Å². The number of amides is 1. The van der Waals surface area contributed by atoms with E-state index in [1.165, 1.54) is 25.5 Å². The van der Waals surface area contributed by atoms with Crippen LogP contribution in [0, 0.1) is 0 Å². The van der Waals surface area contributed by atoms with Crippen LogP contribution in [0.2, 0.25) is 0 Å². The highest BCUT2D eigenvalue weighted by molar-refractivity contribution is 5.94. The van der Waals surface area contributed by atoms with Crippen molar-refractivity contribution < 1.29 is 14.3 Å². The minimum Gasteiger partial charge on any atom is -0.354 e. The van der Waals surface area contributed by atoms with Crippen LogP contribution in [-0.4, -0.2) is 44.5 Å². The lowest BCUT2D eigenvalue weighted by atomic mass is 10.0. The predicted molar refractivity (Wildman–Crippen MR) is 96.1 cm³/mol. The van der Waals surface area contributed by atoms with E-state index in [0.717, 1.165) is 25.2 Å². The number of benzene rings is 1. The first-order valence-corrected chi connectivity index (χ1v) is 8.38. The number of ether oxygens (including phenoxy) is 2. The van der Waals surface area contributed by atoms with Gasteiger partial charge in [0.25, 0.3) is 5.91 Å². The zero-order chi connectivity index (χ0) is 17.6. The van der Waals surface area contributed by atoms with Crippen molar-refractivity contribution in [1.29, 1.82) is 0 Å². The Morgan fingerprint density at radius 1 is 1.24 bits per heavy atom. The summed E-state index contributed by atoms with van der Waals surface area (Å²) >= 11 is 0. The van der Waals surface area contributed by atoms with Crippen molar-refractivity contribution in [2.24, 2.45) is 0 Å². The maximum atomic E-state index is 12.2. The van der Waals surface area contributed by atoms with E-state index in [1.54, 1.807) is 12.3 Å². The number of carbonyl (C=O) groups is 1. The lowest BCUT2D eigenvalue weighted by Gasteiger charge is -2.30. The van der Waals surface area contributed by atoms with E-state index in [9.17, 15) is 4.79 Å². The van der Waals surface area contributed by atoms with Crippen molar-refractivity contribution in [3.05, 3.63) is 53.7 Å². The number of fused-ring (bicyclic) bond motifs is 1. The van der Waals surface area contributed by atoms with Crippen LogP contribution in [0.3, 0.4) is 0 Å². The molecule has 1 aliphatic heterocycles. The Morgan fingerprint density at radius 3 is 2.76 bits per heavy atom. The Balaban J connectivity index is 1.70. The van der Waals surface area contributed by atoms with Crippen LogP contribution >= 0.6 is 0 Å². The highest BCUT2D eigenvalue weighted by atomic mass is 16.7. The van der Waals surface area contributed by atoms with Gasteiger partial charge in [0.1, 0.15) is 5.82 Å². The fraction of sp³-hybridized carbons (Fsp3) is 0.368. The van der Waals surface area contributed by atoms with Crippen molar-refractivity contribution in [2.45, 2.75) is 19.1 Å². The normalized spacial score (nSPS) is 13.6. The molecule has 2 heterocycles. The van der Waals surface area contributed by atoms with Crippen molar-refractivity contribution in [3.8, 4) is 0 Å². The van der Waals surface area contributed by atoms with Crippen molar-refractivity contribution in [1.82, 2.24) is 10.3 Å². The van der Waals surface area contributed by atoms with E-state index in [1.807, 2.05) is 12.1 Å². The van der Waals surface area contributed by atoms with Crippen LogP contribution in [0.4, 0.5) is 11.5 Å². The zero-order valence-electron chi connectivity index (χ0n) is 14.6. The third-order valence-electron chi connectivity index (χ3n) is 4.35. The summed E-state index contributed by atoms with van der Waals surface area (Å²) in [6.45, 7) is 1.21. The number of hydrogen-bond acceptors (Lipinski definition) is 5. The third-order valence-corrected chi connectivity index (χ3v) is 4.35. The first kappa shape index (κ1) is 17.4. The van der Waals surface area contributed by atoms with Gasteiger partial charge in [0.2, 0.25) is 0 Å². The number of nitrogens with one attached hydrogen (secondary N) is 1. The summed E-state index contributed by atoms with van der Waals surface area (Å²) in [6.07, 6.45) is 3.33. The SMILES string of the molecule is COC(CNC(=O)c1ccc(N2CCCc3ccccc32)nc1)OC. The molecule has 0 bridgehead atoms. The van der Waals surface area contributed by atoms with E-state index in [4.69, 9.17) is 9.47 Å². The maximum absolute atomic E-state index is 12.2. The number of methoxy groups -OCH3 is 2. The van der Waals surface area contributed by atoms with E-state index in [-0.39, 0.29) is 12.5 Å². The number of hydrogen-bond donors (Lipinski definition) is 1. The number of aromatic nitrogens is 1. The van der Waals surface area contributed by atoms with E-state index < -0.39 is 6.29 Å². The molecule has 0 unspecified atom stereocenters. The highest BCUT2D eigenvalue weighted by Crippen LogP contribution is 2.31. The first-order valence-electron chi connectivity index (χ1n) is 8.38. The number of anilines is 2. The Labute approximate surface area is 147 Å². The van der Waals surface area contributed by atoms with E-state index in [2.05, 4.69) is 33.4 Å². The fourth-order valence-electron chi connectivity index (χ4n) is 2.99.